The van der Waals surface area contributed by atoms with Crippen LogP contribution < -0.4 is 10.6 Å². The summed E-state index contributed by atoms with van der Waals surface area (Å²) in [5.41, 5.74) is 2.23. The van der Waals surface area contributed by atoms with Crippen LogP contribution in [0.3, 0.4) is 0 Å². The molecule has 0 radical (unpaired) electrons. The molecule has 1 aromatic heterocycles. The number of aromatic nitrogens is 1. The quantitative estimate of drug-likeness (QED) is 0.424. The lowest BCUT2D eigenvalue weighted by Gasteiger charge is -2.12. The molecule has 0 spiro atoms. The summed E-state index contributed by atoms with van der Waals surface area (Å²) in [4.78, 5) is 8.18. The van der Waals surface area contributed by atoms with E-state index in [1.54, 1.807) is 31.4 Å². The zero-order valence-corrected chi connectivity index (χ0v) is 14.1. The Morgan fingerprint density at radius 3 is 2.71 bits per heavy atom. The van der Waals surface area contributed by atoms with E-state index in [9.17, 15) is 4.39 Å². The molecule has 0 unspecified atom stereocenters. The van der Waals surface area contributed by atoms with E-state index in [0.29, 0.717) is 24.2 Å². The highest BCUT2D eigenvalue weighted by Gasteiger charge is 2.04. The number of hydrogen-bond acceptors (Lipinski definition) is 3. The molecular formula is C17H20ClFN4O. The number of aliphatic hydroxyl groups is 1. The van der Waals surface area contributed by atoms with Gasteiger partial charge in [-0.25, -0.2) is 9.37 Å². The highest BCUT2D eigenvalue weighted by Crippen LogP contribution is 2.10. The number of nitrogens with one attached hydrogen (secondary N) is 2. The highest BCUT2D eigenvalue weighted by molar-refractivity contribution is 6.29. The largest absolute Gasteiger partial charge is 0.392 e. The summed E-state index contributed by atoms with van der Waals surface area (Å²) in [7, 11) is 1.68. The molecule has 0 saturated carbocycles. The van der Waals surface area contributed by atoms with Gasteiger partial charge in [-0.2, -0.15) is 0 Å². The van der Waals surface area contributed by atoms with Gasteiger partial charge in [-0.05, 0) is 35.7 Å². The predicted molar refractivity (Wildman–Crippen MR) is 93.5 cm³/mol. The van der Waals surface area contributed by atoms with Crippen molar-refractivity contribution in [3.63, 3.8) is 0 Å². The van der Waals surface area contributed by atoms with Crippen molar-refractivity contribution in [3.8, 4) is 0 Å². The molecule has 0 saturated heterocycles. The molecule has 0 amide bonds. The lowest BCUT2D eigenvalue weighted by atomic mass is 10.1. The van der Waals surface area contributed by atoms with Crippen LogP contribution in [0.2, 0.25) is 5.15 Å². The van der Waals surface area contributed by atoms with Crippen LogP contribution >= 0.6 is 11.6 Å². The predicted octanol–water partition coefficient (Wildman–Crippen LogP) is 2.27. The normalized spacial score (nSPS) is 11.4. The first-order chi connectivity index (χ1) is 11.6. The molecule has 2 rings (SSSR count). The van der Waals surface area contributed by atoms with Gasteiger partial charge in [-0.1, -0.05) is 23.7 Å². The van der Waals surface area contributed by atoms with Gasteiger partial charge in [0.15, 0.2) is 5.96 Å². The summed E-state index contributed by atoms with van der Waals surface area (Å²) >= 11 is 5.75. The van der Waals surface area contributed by atoms with Crippen molar-refractivity contribution >= 4 is 17.6 Å². The summed E-state index contributed by atoms with van der Waals surface area (Å²) in [5.74, 6) is 0.243. The fraction of sp³-hybridized carbons (Fsp3) is 0.294. The van der Waals surface area contributed by atoms with E-state index in [1.807, 2.05) is 6.07 Å². The van der Waals surface area contributed by atoms with Gasteiger partial charge in [0.2, 0.25) is 0 Å². The van der Waals surface area contributed by atoms with E-state index >= 15 is 0 Å². The van der Waals surface area contributed by atoms with Crippen molar-refractivity contribution in [2.45, 2.75) is 19.6 Å². The van der Waals surface area contributed by atoms with Gasteiger partial charge in [0, 0.05) is 31.9 Å². The van der Waals surface area contributed by atoms with Gasteiger partial charge >= 0.3 is 0 Å². The summed E-state index contributed by atoms with van der Waals surface area (Å²) in [5, 5.41) is 15.9. The molecule has 128 valence electrons. The Hall–Kier alpha value is -2.18. The van der Waals surface area contributed by atoms with E-state index in [4.69, 9.17) is 16.7 Å². The molecule has 0 aliphatic heterocycles. The molecule has 0 aliphatic carbocycles. The number of hydrogen-bond donors (Lipinski definition) is 3. The molecule has 0 fully saturated rings. The van der Waals surface area contributed by atoms with Crippen LogP contribution in [-0.2, 0) is 19.6 Å². The summed E-state index contributed by atoms with van der Waals surface area (Å²) in [6.07, 6.45) is 2.53. The van der Waals surface area contributed by atoms with Crippen LogP contribution in [0.4, 0.5) is 4.39 Å². The number of nitrogens with zero attached hydrogens (tertiary/aromatic N) is 2. The lowest BCUT2D eigenvalue weighted by molar-refractivity contribution is 0.275. The van der Waals surface area contributed by atoms with Crippen molar-refractivity contribution in [2.24, 2.45) is 4.99 Å². The van der Waals surface area contributed by atoms with Gasteiger partial charge in [0.25, 0.3) is 0 Å². The molecule has 0 aliphatic rings. The molecule has 7 heteroatoms. The van der Waals surface area contributed by atoms with E-state index in [-0.39, 0.29) is 12.2 Å². The van der Waals surface area contributed by atoms with Crippen LogP contribution in [0.25, 0.3) is 0 Å². The SMILES string of the molecule is CN=C(NCCc1ccc(Cl)nc1)NCc1ccc(F)c(CO)c1. The Morgan fingerprint density at radius 1 is 1.25 bits per heavy atom. The highest BCUT2D eigenvalue weighted by atomic mass is 35.5. The Morgan fingerprint density at radius 2 is 2.04 bits per heavy atom. The minimum Gasteiger partial charge on any atom is -0.392 e. The van der Waals surface area contributed by atoms with Gasteiger partial charge < -0.3 is 15.7 Å². The number of guanidine groups is 1. The topological polar surface area (TPSA) is 69.5 Å². The van der Waals surface area contributed by atoms with Crippen LogP contribution in [0.15, 0.2) is 41.5 Å². The van der Waals surface area contributed by atoms with Crippen molar-refractivity contribution < 1.29 is 9.50 Å². The second-order valence-electron chi connectivity index (χ2n) is 5.18. The van der Waals surface area contributed by atoms with Crippen LogP contribution in [0, 0.1) is 5.82 Å². The van der Waals surface area contributed by atoms with Crippen molar-refractivity contribution in [1.82, 2.24) is 15.6 Å². The number of benzene rings is 1. The maximum Gasteiger partial charge on any atom is 0.191 e. The Balaban J connectivity index is 1.81. The van der Waals surface area contributed by atoms with E-state index < -0.39 is 5.82 Å². The zero-order chi connectivity index (χ0) is 17.4. The second kappa shape index (κ2) is 9.20. The van der Waals surface area contributed by atoms with Gasteiger partial charge in [-0.15, -0.1) is 0 Å². The van der Waals surface area contributed by atoms with Crippen molar-refractivity contribution in [2.75, 3.05) is 13.6 Å². The van der Waals surface area contributed by atoms with Crippen molar-refractivity contribution in [3.05, 3.63) is 64.2 Å². The maximum atomic E-state index is 13.4. The number of aliphatic imine (C=N–C) groups is 1. The minimum absolute atomic E-state index is 0.285. The molecule has 0 bridgehead atoms. The van der Waals surface area contributed by atoms with E-state index in [2.05, 4.69) is 20.6 Å². The van der Waals surface area contributed by atoms with Crippen LogP contribution in [-0.4, -0.2) is 29.6 Å². The Kier molecular flexibility index (Phi) is 6.96. The van der Waals surface area contributed by atoms with Gasteiger partial charge in [-0.3, -0.25) is 4.99 Å². The molecule has 5 nitrogen and oxygen atoms in total. The molecule has 3 N–H and O–H groups in total. The molecule has 1 heterocycles. The van der Waals surface area contributed by atoms with Crippen LogP contribution in [0.1, 0.15) is 16.7 Å². The zero-order valence-electron chi connectivity index (χ0n) is 13.4. The van der Waals surface area contributed by atoms with Crippen molar-refractivity contribution in [1.29, 1.82) is 0 Å². The minimum atomic E-state index is -0.402. The fourth-order valence-electron chi connectivity index (χ4n) is 2.15. The third-order valence-corrected chi connectivity index (χ3v) is 3.68. The summed E-state index contributed by atoms with van der Waals surface area (Å²) < 4.78 is 13.4. The first-order valence-corrected chi connectivity index (χ1v) is 7.93. The molecule has 2 aromatic rings. The number of pyridine rings is 1. The average Bonchev–Trinajstić information content (AvgIpc) is 2.60. The van der Waals surface area contributed by atoms with E-state index in [0.717, 1.165) is 17.5 Å². The fourth-order valence-corrected chi connectivity index (χ4v) is 2.26. The molecule has 24 heavy (non-hydrogen) atoms. The first kappa shape index (κ1) is 18.2. The average molecular weight is 351 g/mol. The van der Waals surface area contributed by atoms with Gasteiger partial charge in [0.1, 0.15) is 11.0 Å². The smallest absolute Gasteiger partial charge is 0.191 e. The van der Waals surface area contributed by atoms with E-state index in [1.165, 1.54) is 6.07 Å². The Bertz CT molecular complexity index is 691. The third kappa shape index (κ3) is 5.47. The molecule has 0 atom stereocenters. The second-order valence-corrected chi connectivity index (χ2v) is 5.56. The number of aliphatic hydroxyl groups excluding tert-OH is 1. The number of halogens is 2. The monoisotopic (exact) mass is 350 g/mol. The Labute approximate surface area is 145 Å². The molecule has 1 aromatic carbocycles. The summed E-state index contributed by atoms with van der Waals surface area (Å²) in [6.45, 7) is 0.853. The standard InChI is InChI=1S/C17H20ClFN4O/c1-20-17(21-7-6-12-3-5-16(18)22-9-12)23-10-13-2-4-15(19)14(8-13)11-24/h2-5,8-9,24H,6-7,10-11H2,1H3,(H2,20,21,23). The van der Waals surface area contributed by atoms with Crippen LogP contribution in [0.5, 0.6) is 0 Å². The van der Waals surface area contributed by atoms with Gasteiger partial charge in [0.05, 0.1) is 6.61 Å². The first-order valence-electron chi connectivity index (χ1n) is 7.55. The maximum absolute atomic E-state index is 13.4. The summed E-state index contributed by atoms with van der Waals surface area (Å²) in [6, 6.07) is 8.36. The number of rotatable bonds is 6. The molecular weight excluding hydrogens is 331 g/mol. The third-order valence-electron chi connectivity index (χ3n) is 3.46. The lowest BCUT2D eigenvalue weighted by Crippen LogP contribution is -2.37.